The van der Waals surface area contributed by atoms with Gasteiger partial charge in [-0.05, 0) is 25.8 Å². The van der Waals surface area contributed by atoms with E-state index in [0.717, 1.165) is 32.4 Å². The Morgan fingerprint density at radius 2 is 2.33 bits per heavy atom. The zero-order valence-corrected chi connectivity index (χ0v) is 7.29. The van der Waals surface area contributed by atoms with Crippen molar-refractivity contribution in [2.45, 2.75) is 19.3 Å². The molecule has 12 heavy (non-hydrogen) atoms. The summed E-state index contributed by atoms with van der Waals surface area (Å²) in [5.74, 6) is 0. The smallest absolute Gasteiger partial charge is 0.409 e. The molecule has 1 heterocycles. The van der Waals surface area contributed by atoms with Crippen molar-refractivity contribution >= 4 is 6.09 Å². The number of nitrogens with two attached hydrogens (primary N) is 1. The number of hydrogen-bond acceptors (Lipinski definition) is 3. The molecule has 0 aromatic heterocycles. The molecule has 0 radical (unpaired) electrons. The lowest BCUT2D eigenvalue weighted by Crippen LogP contribution is -2.38. The predicted octanol–water partition coefficient (Wildman–Crippen LogP) is 0.568. The van der Waals surface area contributed by atoms with E-state index in [1.165, 1.54) is 0 Å². The average molecular weight is 172 g/mol. The second kappa shape index (κ2) is 4.98. The number of cyclic esters (lactones) is 1. The summed E-state index contributed by atoms with van der Waals surface area (Å²) in [6.45, 7) is 2.90. The van der Waals surface area contributed by atoms with Crippen LogP contribution in [-0.4, -0.2) is 37.2 Å². The van der Waals surface area contributed by atoms with Crippen LogP contribution in [0.3, 0.4) is 0 Å². The molecule has 2 N–H and O–H groups in total. The molecule has 4 nitrogen and oxygen atoms in total. The standard InChI is InChI=1S/C8H16N2O2/c9-4-1-2-5-10-6-3-7-12-8(10)11/h1-7,9H2. The minimum atomic E-state index is -0.168. The largest absolute Gasteiger partial charge is 0.449 e. The van der Waals surface area contributed by atoms with Crippen LogP contribution < -0.4 is 5.73 Å². The van der Waals surface area contributed by atoms with Gasteiger partial charge in [-0.2, -0.15) is 0 Å². The molecule has 4 heteroatoms. The highest BCUT2D eigenvalue weighted by Gasteiger charge is 2.18. The Kier molecular flexibility index (Phi) is 3.87. The highest BCUT2D eigenvalue weighted by molar-refractivity contribution is 5.68. The summed E-state index contributed by atoms with van der Waals surface area (Å²) in [6, 6.07) is 0. The van der Waals surface area contributed by atoms with E-state index in [4.69, 9.17) is 10.5 Å². The molecular formula is C8H16N2O2. The van der Waals surface area contributed by atoms with Gasteiger partial charge < -0.3 is 15.4 Å². The zero-order valence-electron chi connectivity index (χ0n) is 7.29. The second-order valence-corrected chi connectivity index (χ2v) is 2.95. The van der Waals surface area contributed by atoms with E-state index < -0.39 is 0 Å². The minimum absolute atomic E-state index is 0.168. The van der Waals surface area contributed by atoms with Crippen LogP contribution in [0.1, 0.15) is 19.3 Å². The molecule has 0 aromatic rings. The molecule has 0 bridgehead atoms. The predicted molar refractivity (Wildman–Crippen MR) is 45.8 cm³/mol. The number of unbranched alkanes of at least 4 members (excludes halogenated alkanes) is 1. The first-order valence-electron chi connectivity index (χ1n) is 4.46. The van der Waals surface area contributed by atoms with Crippen LogP contribution in [0.5, 0.6) is 0 Å². The summed E-state index contributed by atoms with van der Waals surface area (Å²) in [6.07, 6.45) is 2.74. The molecule has 0 atom stereocenters. The Morgan fingerprint density at radius 1 is 1.50 bits per heavy atom. The van der Waals surface area contributed by atoms with Gasteiger partial charge in [-0.15, -0.1) is 0 Å². The number of hydrogen-bond donors (Lipinski definition) is 1. The summed E-state index contributed by atoms with van der Waals surface area (Å²) in [7, 11) is 0. The number of ether oxygens (including phenoxy) is 1. The molecule has 0 spiro atoms. The number of nitrogens with zero attached hydrogens (tertiary/aromatic N) is 1. The summed E-state index contributed by atoms with van der Waals surface area (Å²) in [5.41, 5.74) is 5.34. The van der Waals surface area contributed by atoms with Gasteiger partial charge in [0.2, 0.25) is 0 Å². The fraction of sp³-hybridized carbons (Fsp3) is 0.875. The lowest BCUT2D eigenvalue weighted by Gasteiger charge is -2.26. The van der Waals surface area contributed by atoms with Gasteiger partial charge in [0.05, 0.1) is 6.61 Å². The SMILES string of the molecule is NCCCCN1CCCOC1=O. The van der Waals surface area contributed by atoms with Crippen molar-refractivity contribution in [1.29, 1.82) is 0 Å². The summed E-state index contributed by atoms with van der Waals surface area (Å²) in [5, 5.41) is 0. The van der Waals surface area contributed by atoms with E-state index in [9.17, 15) is 4.79 Å². The number of rotatable bonds is 4. The van der Waals surface area contributed by atoms with Gasteiger partial charge in [-0.1, -0.05) is 0 Å². The number of carbonyl (C=O) groups excluding carboxylic acids is 1. The van der Waals surface area contributed by atoms with Gasteiger partial charge in [-0.25, -0.2) is 4.79 Å². The second-order valence-electron chi connectivity index (χ2n) is 2.95. The summed E-state index contributed by atoms with van der Waals surface area (Å²) < 4.78 is 4.88. The molecule has 1 amide bonds. The van der Waals surface area contributed by atoms with Crippen molar-refractivity contribution in [3.05, 3.63) is 0 Å². The molecule has 0 saturated carbocycles. The molecule has 0 aliphatic carbocycles. The number of amides is 1. The van der Waals surface area contributed by atoms with Gasteiger partial charge >= 0.3 is 6.09 Å². The van der Waals surface area contributed by atoms with E-state index in [1.807, 2.05) is 0 Å². The molecule has 1 aliphatic rings. The van der Waals surface area contributed by atoms with E-state index in [2.05, 4.69) is 0 Å². The third-order valence-corrected chi connectivity index (χ3v) is 1.94. The van der Waals surface area contributed by atoms with Crippen LogP contribution in [0, 0.1) is 0 Å². The van der Waals surface area contributed by atoms with Crippen molar-refractivity contribution in [2.75, 3.05) is 26.2 Å². The third-order valence-electron chi connectivity index (χ3n) is 1.94. The van der Waals surface area contributed by atoms with Crippen LogP contribution in [0.25, 0.3) is 0 Å². The Bertz CT molecular complexity index is 150. The Morgan fingerprint density at radius 3 is 3.00 bits per heavy atom. The highest BCUT2D eigenvalue weighted by atomic mass is 16.6. The molecule has 0 aromatic carbocycles. The molecule has 1 saturated heterocycles. The molecule has 1 aliphatic heterocycles. The molecule has 1 rings (SSSR count). The topological polar surface area (TPSA) is 55.6 Å². The van der Waals surface area contributed by atoms with Crippen LogP contribution in [0.15, 0.2) is 0 Å². The minimum Gasteiger partial charge on any atom is -0.449 e. The van der Waals surface area contributed by atoms with Crippen LogP contribution in [-0.2, 0) is 4.74 Å². The molecular weight excluding hydrogens is 156 g/mol. The van der Waals surface area contributed by atoms with Crippen LogP contribution in [0.2, 0.25) is 0 Å². The lowest BCUT2D eigenvalue weighted by atomic mass is 10.3. The summed E-state index contributed by atoms with van der Waals surface area (Å²) >= 11 is 0. The maximum Gasteiger partial charge on any atom is 0.409 e. The van der Waals surface area contributed by atoms with Crippen molar-refractivity contribution in [1.82, 2.24) is 4.90 Å². The summed E-state index contributed by atoms with van der Waals surface area (Å²) in [4.78, 5) is 12.8. The lowest BCUT2D eigenvalue weighted by molar-refractivity contribution is 0.0724. The Hall–Kier alpha value is -0.770. The van der Waals surface area contributed by atoms with E-state index in [0.29, 0.717) is 13.2 Å². The Balaban J connectivity index is 2.16. The van der Waals surface area contributed by atoms with Crippen molar-refractivity contribution < 1.29 is 9.53 Å². The molecule has 70 valence electrons. The first-order chi connectivity index (χ1) is 5.84. The fourth-order valence-corrected chi connectivity index (χ4v) is 1.25. The maximum absolute atomic E-state index is 11.1. The zero-order chi connectivity index (χ0) is 8.81. The highest BCUT2D eigenvalue weighted by Crippen LogP contribution is 2.05. The third kappa shape index (κ3) is 2.70. The van der Waals surface area contributed by atoms with E-state index >= 15 is 0 Å². The molecule has 0 unspecified atom stereocenters. The van der Waals surface area contributed by atoms with Gasteiger partial charge in [-0.3, -0.25) is 0 Å². The van der Waals surface area contributed by atoms with Crippen LogP contribution >= 0.6 is 0 Å². The maximum atomic E-state index is 11.1. The normalized spacial score (nSPS) is 17.8. The van der Waals surface area contributed by atoms with Gasteiger partial charge in [0.15, 0.2) is 0 Å². The monoisotopic (exact) mass is 172 g/mol. The first kappa shape index (κ1) is 9.32. The molecule has 1 fully saturated rings. The van der Waals surface area contributed by atoms with Crippen molar-refractivity contribution in [3.8, 4) is 0 Å². The van der Waals surface area contributed by atoms with Gasteiger partial charge in [0.25, 0.3) is 0 Å². The van der Waals surface area contributed by atoms with Gasteiger partial charge in [0, 0.05) is 13.1 Å². The fourth-order valence-electron chi connectivity index (χ4n) is 1.25. The van der Waals surface area contributed by atoms with Gasteiger partial charge in [0.1, 0.15) is 0 Å². The quantitative estimate of drug-likeness (QED) is 0.631. The van der Waals surface area contributed by atoms with E-state index in [1.54, 1.807) is 4.90 Å². The number of carbonyl (C=O) groups is 1. The van der Waals surface area contributed by atoms with Crippen molar-refractivity contribution in [2.24, 2.45) is 5.73 Å². The first-order valence-corrected chi connectivity index (χ1v) is 4.46. The van der Waals surface area contributed by atoms with E-state index in [-0.39, 0.29) is 6.09 Å². The Labute approximate surface area is 72.7 Å². The average Bonchev–Trinajstić information content (AvgIpc) is 2.09. The van der Waals surface area contributed by atoms with Crippen LogP contribution in [0.4, 0.5) is 4.79 Å². The van der Waals surface area contributed by atoms with Crippen molar-refractivity contribution in [3.63, 3.8) is 0 Å².